The first-order valence-corrected chi connectivity index (χ1v) is 20.5. The summed E-state index contributed by atoms with van der Waals surface area (Å²) in [4.78, 5) is 2.23. The van der Waals surface area contributed by atoms with Gasteiger partial charge in [-0.05, 0) is 116 Å². The average Bonchev–Trinajstić information content (AvgIpc) is 3.88. The standard InChI is InChI=1S/C59H40N2/c1-4-17-41(18-5-1)43-32-35-48(36-33-43)60(46-21-6-2-7-22-46)49-37-38-55-53(40-49)50-25-12-14-28-54(50)59(55,45-34-31-42-19-10-11-20-44(42)39-45)56-29-16-27-52-51-26-13-15-30-57(51)61(58(52)56)47-23-8-3-9-24-47/h1-40H/i10D,11D,19D,20D,31D,34D,39D. The third-order valence-corrected chi connectivity index (χ3v) is 12.3. The molecule has 10 aromatic carbocycles. The van der Waals surface area contributed by atoms with Crippen LogP contribution in [0.15, 0.2) is 242 Å². The Kier molecular flexibility index (Phi) is 6.59. The van der Waals surface area contributed by atoms with Crippen molar-refractivity contribution in [2.24, 2.45) is 0 Å². The second-order valence-electron chi connectivity index (χ2n) is 15.5. The summed E-state index contributed by atoms with van der Waals surface area (Å²) in [7, 11) is 0. The van der Waals surface area contributed by atoms with Gasteiger partial charge in [0.15, 0.2) is 0 Å². The van der Waals surface area contributed by atoms with Crippen molar-refractivity contribution in [3.8, 4) is 27.9 Å². The maximum atomic E-state index is 10.3. The van der Waals surface area contributed by atoms with Gasteiger partial charge in [0.1, 0.15) is 0 Å². The van der Waals surface area contributed by atoms with E-state index in [0.717, 1.165) is 83.5 Å². The van der Waals surface area contributed by atoms with Crippen molar-refractivity contribution < 1.29 is 9.60 Å². The molecule has 0 bridgehead atoms. The Morgan fingerprint density at radius 3 is 1.85 bits per heavy atom. The molecule has 1 heterocycles. The number of anilines is 3. The maximum absolute atomic E-state index is 10.3. The lowest BCUT2D eigenvalue weighted by atomic mass is 9.67. The SMILES string of the molecule is [2H]c1c([2H])c([2H])c2c([2H])c(C3(c4cccc5c6ccccc6n(-c6ccccc6)c45)c4ccccc4-c4cc(N(c5ccccc5)c5ccc(-c6ccccc6)cc5)ccc43)c([2H])c([2H])c2c1[2H]. The van der Waals surface area contributed by atoms with Crippen LogP contribution in [0.1, 0.15) is 31.8 Å². The van der Waals surface area contributed by atoms with E-state index >= 15 is 0 Å². The molecule has 0 N–H and O–H groups in total. The van der Waals surface area contributed by atoms with E-state index < -0.39 is 29.6 Å². The van der Waals surface area contributed by atoms with Gasteiger partial charge in [-0.1, -0.05) is 182 Å². The van der Waals surface area contributed by atoms with Gasteiger partial charge < -0.3 is 9.47 Å². The largest absolute Gasteiger partial charge is 0.310 e. The Morgan fingerprint density at radius 1 is 0.426 bits per heavy atom. The number of rotatable bonds is 7. The fourth-order valence-corrected chi connectivity index (χ4v) is 9.70. The summed E-state index contributed by atoms with van der Waals surface area (Å²) in [5.74, 6) is 0. The van der Waals surface area contributed by atoms with Crippen LogP contribution in [0.4, 0.5) is 17.1 Å². The lowest BCUT2D eigenvalue weighted by Gasteiger charge is -2.35. The normalized spacial score (nSPS) is 15.9. The number of benzene rings is 10. The van der Waals surface area contributed by atoms with E-state index in [1.807, 2.05) is 91.0 Å². The fraction of sp³-hybridized carbons (Fsp3) is 0.0169. The molecule has 0 radical (unpaired) electrons. The van der Waals surface area contributed by atoms with Gasteiger partial charge in [-0.3, -0.25) is 0 Å². The Hall–Kier alpha value is -7.94. The highest BCUT2D eigenvalue weighted by atomic mass is 15.1. The predicted octanol–water partition coefficient (Wildman–Crippen LogP) is 15.4. The lowest BCUT2D eigenvalue weighted by Crippen LogP contribution is -2.29. The number of hydrogen-bond donors (Lipinski definition) is 0. The lowest BCUT2D eigenvalue weighted by molar-refractivity contribution is 0.773. The number of nitrogens with zero attached hydrogens (tertiary/aromatic N) is 2. The van der Waals surface area contributed by atoms with Crippen LogP contribution in [-0.2, 0) is 5.41 Å². The molecule has 61 heavy (non-hydrogen) atoms. The van der Waals surface area contributed by atoms with Crippen molar-refractivity contribution in [1.82, 2.24) is 4.57 Å². The number of fused-ring (bicyclic) bond motifs is 7. The summed E-state index contributed by atoms with van der Waals surface area (Å²) >= 11 is 0. The van der Waals surface area contributed by atoms with Crippen LogP contribution in [0.25, 0.3) is 60.5 Å². The molecule has 0 saturated heterocycles. The Morgan fingerprint density at radius 2 is 1.03 bits per heavy atom. The summed E-state index contributed by atoms with van der Waals surface area (Å²) in [6.07, 6.45) is 0. The van der Waals surface area contributed by atoms with Gasteiger partial charge in [0.2, 0.25) is 0 Å². The van der Waals surface area contributed by atoms with Gasteiger partial charge in [-0.15, -0.1) is 0 Å². The van der Waals surface area contributed by atoms with Gasteiger partial charge in [0, 0.05) is 33.5 Å². The van der Waals surface area contributed by atoms with Crippen LogP contribution in [-0.4, -0.2) is 4.57 Å². The van der Waals surface area contributed by atoms with Crippen LogP contribution in [0, 0.1) is 0 Å². The molecule has 1 aliphatic carbocycles. The van der Waals surface area contributed by atoms with Crippen LogP contribution < -0.4 is 4.90 Å². The molecule has 0 spiro atoms. The van der Waals surface area contributed by atoms with E-state index in [9.17, 15) is 5.48 Å². The van der Waals surface area contributed by atoms with Crippen LogP contribution in [0.2, 0.25) is 0 Å². The third kappa shape index (κ3) is 5.43. The third-order valence-electron chi connectivity index (χ3n) is 12.3. The summed E-state index contributed by atoms with van der Waals surface area (Å²) < 4.78 is 67.8. The van der Waals surface area contributed by atoms with Crippen LogP contribution in [0.3, 0.4) is 0 Å². The van der Waals surface area contributed by atoms with E-state index in [0.29, 0.717) is 0 Å². The Balaban J connectivity index is 1.22. The second-order valence-corrected chi connectivity index (χ2v) is 15.5. The van der Waals surface area contributed by atoms with Gasteiger partial charge in [-0.25, -0.2) is 0 Å². The fourth-order valence-electron chi connectivity index (χ4n) is 9.70. The molecule has 0 fully saturated rings. The molecule has 286 valence electrons. The first-order chi connectivity index (χ1) is 33.2. The molecule has 2 nitrogen and oxygen atoms in total. The molecule has 0 amide bonds. The summed E-state index contributed by atoms with van der Waals surface area (Å²) in [6.45, 7) is 0. The van der Waals surface area contributed by atoms with Gasteiger partial charge >= 0.3 is 0 Å². The van der Waals surface area contributed by atoms with Crippen molar-refractivity contribution in [3.05, 3.63) is 265 Å². The summed E-state index contributed by atoms with van der Waals surface area (Å²) in [5, 5.41) is 1.76. The van der Waals surface area contributed by atoms with Crippen LogP contribution >= 0.6 is 0 Å². The molecular formula is C59H40N2. The zero-order chi connectivity index (χ0) is 46.4. The molecule has 12 rings (SSSR count). The minimum Gasteiger partial charge on any atom is -0.310 e. The molecule has 1 aromatic heterocycles. The smallest absolute Gasteiger partial charge is 0.0734 e. The van der Waals surface area contributed by atoms with Crippen molar-refractivity contribution in [3.63, 3.8) is 0 Å². The molecule has 2 heteroatoms. The van der Waals surface area contributed by atoms with Crippen molar-refractivity contribution in [1.29, 1.82) is 0 Å². The van der Waals surface area contributed by atoms with Crippen molar-refractivity contribution >= 4 is 49.6 Å². The summed E-state index contributed by atoms with van der Waals surface area (Å²) in [5.41, 5.74) is 10.6. The first-order valence-electron chi connectivity index (χ1n) is 24.0. The number of aromatic nitrogens is 1. The number of para-hydroxylation sites is 4. The molecule has 1 atom stereocenters. The average molecular weight is 784 g/mol. The zero-order valence-electron chi connectivity index (χ0n) is 39.9. The highest BCUT2D eigenvalue weighted by Gasteiger charge is 2.48. The van der Waals surface area contributed by atoms with Gasteiger partial charge in [0.25, 0.3) is 0 Å². The van der Waals surface area contributed by atoms with Crippen molar-refractivity contribution in [2.75, 3.05) is 4.90 Å². The molecule has 0 saturated carbocycles. The van der Waals surface area contributed by atoms with Crippen LogP contribution in [0.5, 0.6) is 0 Å². The predicted molar refractivity (Wildman–Crippen MR) is 256 cm³/mol. The quantitative estimate of drug-likeness (QED) is 0.156. The topological polar surface area (TPSA) is 8.17 Å². The second kappa shape index (κ2) is 14.1. The van der Waals surface area contributed by atoms with E-state index in [1.54, 1.807) is 0 Å². The minimum absolute atomic E-state index is 0.0843. The zero-order valence-corrected chi connectivity index (χ0v) is 32.9. The molecular weight excluding hydrogens is 737 g/mol. The van der Waals surface area contributed by atoms with E-state index in [4.69, 9.17) is 4.11 Å². The summed E-state index contributed by atoms with van der Waals surface area (Å²) in [6, 6.07) is 65.5. The highest BCUT2D eigenvalue weighted by molar-refractivity contribution is 6.11. The van der Waals surface area contributed by atoms with E-state index in [-0.39, 0.29) is 34.5 Å². The van der Waals surface area contributed by atoms with Gasteiger partial charge in [-0.2, -0.15) is 0 Å². The highest BCUT2D eigenvalue weighted by Crippen LogP contribution is 2.59. The van der Waals surface area contributed by atoms with Crippen molar-refractivity contribution in [2.45, 2.75) is 5.41 Å². The molecule has 1 aliphatic rings. The first kappa shape index (κ1) is 28.5. The van der Waals surface area contributed by atoms with E-state index in [2.05, 4.69) is 119 Å². The molecule has 0 aliphatic heterocycles. The van der Waals surface area contributed by atoms with E-state index in [1.165, 1.54) is 0 Å². The molecule has 1 unspecified atom stereocenters. The monoisotopic (exact) mass is 783 g/mol. The Bertz CT molecular complexity index is 3820. The minimum atomic E-state index is -1.45. The Labute approximate surface area is 365 Å². The maximum Gasteiger partial charge on any atom is 0.0734 e. The molecule has 11 aromatic rings. The number of hydrogen-bond acceptors (Lipinski definition) is 1. The van der Waals surface area contributed by atoms with Gasteiger partial charge in [0.05, 0.1) is 26.0 Å².